The van der Waals surface area contributed by atoms with Gasteiger partial charge in [0.15, 0.2) is 5.82 Å². The van der Waals surface area contributed by atoms with Gasteiger partial charge in [0.05, 0.1) is 18.4 Å². The number of nitrogens with zero attached hydrogens (tertiary/aromatic N) is 4. The maximum absolute atomic E-state index is 11.4. The number of hydrogen-bond donors (Lipinski definition) is 0. The molecule has 6 heteroatoms. The van der Waals surface area contributed by atoms with E-state index in [1.54, 1.807) is 28.9 Å². The second-order valence-corrected chi connectivity index (χ2v) is 4.32. The Morgan fingerprint density at radius 3 is 2.43 bits per heavy atom. The minimum Gasteiger partial charge on any atom is -0.465 e. The van der Waals surface area contributed by atoms with E-state index in [2.05, 4.69) is 20.3 Å². The Hall–Kier alpha value is -3.02. The van der Waals surface area contributed by atoms with Gasteiger partial charge in [-0.1, -0.05) is 30.3 Å². The number of rotatable bonds is 3. The summed E-state index contributed by atoms with van der Waals surface area (Å²) < 4.78 is 6.30. The summed E-state index contributed by atoms with van der Waals surface area (Å²) in [5, 5.41) is 11.8. The van der Waals surface area contributed by atoms with Gasteiger partial charge in [0, 0.05) is 5.56 Å². The van der Waals surface area contributed by atoms with Crippen molar-refractivity contribution in [3.05, 3.63) is 60.2 Å². The van der Waals surface area contributed by atoms with Gasteiger partial charge < -0.3 is 4.74 Å². The Morgan fingerprint density at radius 1 is 1.05 bits per heavy atom. The van der Waals surface area contributed by atoms with Crippen molar-refractivity contribution in [2.45, 2.75) is 0 Å². The van der Waals surface area contributed by atoms with Crippen molar-refractivity contribution < 1.29 is 9.53 Å². The molecule has 104 valence electrons. The molecule has 0 aliphatic heterocycles. The number of aromatic nitrogens is 4. The molecule has 0 aliphatic rings. The first kappa shape index (κ1) is 13.0. The summed E-state index contributed by atoms with van der Waals surface area (Å²) in [7, 11) is 1.35. The summed E-state index contributed by atoms with van der Waals surface area (Å²) in [6.45, 7) is 0. The summed E-state index contributed by atoms with van der Waals surface area (Å²) >= 11 is 0. The van der Waals surface area contributed by atoms with E-state index >= 15 is 0 Å². The minimum atomic E-state index is -0.374. The second kappa shape index (κ2) is 5.54. The SMILES string of the molecule is COC(=O)c1ccc(-n2nnnc2-c2ccccc2)cc1. The molecule has 1 aromatic heterocycles. The van der Waals surface area contributed by atoms with Crippen LogP contribution >= 0.6 is 0 Å². The molecule has 0 atom stereocenters. The molecule has 0 radical (unpaired) electrons. The summed E-state index contributed by atoms with van der Waals surface area (Å²) in [5.74, 6) is 0.267. The van der Waals surface area contributed by atoms with Crippen molar-refractivity contribution in [1.82, 2.24) is 20.2 Å². The highest BCUT2D eigenvalue weighted by molar-refractivity contribution is 5.89. The lowest BCUT2D eigenvalue weighted by atomic mass is 10.2. The molecule has 1 heterocycles. The first-order chi connectivity index (χ1) is 10.3. The highest BCUT2D eigenvalue weighted by Gasteiger charge is 2.11. The van der Waals surface area contributed by atoms with Crippen LogP contribution in [0, 0.1) is 0 Å². The van der Waals surface area contributed by atoms with E-state index in [0.29, 0.717) is 11.4 Å². The fourth-order valence-electron chi connectivity index (χ4n) is 1.98. The third kappa shape index (κ3) is 2.51. The molecule has 0 amide bonds. The van der Waals surface area contributed by atoms with Crippen LogP contribution in [0.1, 0.15) is 10.4 Å². The number of carbonyl (C=O) groups excluding carboxylic acids is 1. The maximum Gasteiger partial charge on any atom is 0.337 e. The quantitative estimate of drug-likeness (QED) is 0.687. The molecule has 0 N–H and O–H groups in total. The molecule has 0 saturated carbocycles. The van der Waals surface area contributed by atoms with E-state index in [4.69, 9.17) is 0 Å². The van der Waals surface area contributed by atoms with E-state index in [1.165, 1.54) is 7.11 Å². The number of tetrazole rings is 1. The van der Waals surface area contributed by atoms with Crippen LogP contribution in [-0.2, 0) is 4.74 Å². The highest BCUT2D eigenvalue weighted by Crippen LogP contribution is 2.19. The maximum atomic E-state index is 11.4. The Morgan fingerprint density at radius 2 is 1.76 bits per heavy atom. The van der Waals surface area contributed by atoms with Gasteiger partial charge >= 0.3 is 5.97 Å². The summed E-state index contributed by atoms with van der Waals surface area (Å²) in [5.41, 5.74) is 2.17. The van der Waals surface area contributed by atoms with Gasteiger partial charge in [-0.3, -0.25) is 0 Å². The van der Waals surface area contributed by atoms with Gasteiger partial charge in [-0.05, 0) is 34.7 Å². The van der Waals surface area contributed by atoms with E-state index in [1.807, 2.05) is 30.3 Å². The largest absolute Gasteiger partial charge is 0.465 e. The van der Waals surface area contributed by atoms with E-state index < -0.39 is 0 Å². The van der Waals surface area contributed by atoms with Gasteiger partial charge in [0.2, 0.25) is 0 Å². The number of carbonyl (C=O) groups is 1. The topological polar surface area (TPSA) is 69.9 Å². The minimum absolute atomic E-state index is 0.374. The van der Waals surface area contributed by atoms with Gasteiger partial charge in [0.25, 0.3) is 0 Å². The number of ether oxygens (including phenoxy) is 1. The number of benzene rings is 2. The van der Waals surface area contributed by atoms with Crippen molar-refractivity contribution in [3.8, 4) is 17.1 Å². The van der Waals surface area contributed by atoms with Gasteiger partial charge in [-0.2, -0.15) is 4.68 Å². The lowest BCUT2D eigenvalue weighted by Gasteiger charge is -2.05. The predicted octanol–water partition coefficient (Wildman–Crippen LogP) is 2.12. The van der Waals surface area contributed by atoms with E-state index in [9.17, 15) is 4.79 Å². The van der Waals surface area contributed by atoms with Crippen LogP contribution in [0.25, 0.3) is 17.1 Å². The molecule has 0 spiro atoms. The van der Waals surface area contributed by atoms with Crippen LogP contribution < -0.4 is 0 Å². The van der Waals surface area contributed by atoms with Crippen LogP contribution in [0.2, 0.25) is 0 Å². The number of hydrogen-bond acceptors (Lipinski definition) is 5. The number of methoxy groups -OCH3 is 1. The number of esters is 1. The Balaban J connectivity index is 1.99. The van der Waals surface area contributed by atoms with Crippen LogP contribution in [0.3, 0.4) is 0 Å². The van der Waals surface area contributed by atoms with Crippen molar-refractivity contribution in [1.29, 1.82) is 0 Å². The van der Waals surface area contributed by atoms with Crippen molar-refractivity contribution in [3.63, 3.8) is 0 Å². The van der Waals surface area contributed by atoms with Crippen LogP contribution in [0.5, 0.6) is 0 Å². The van der Waals surface area contributed by atoms with Gasteiger partial charge in [-0.25, -0.2) is 4.79 Å². The lowest BCUT2D eigenvalue weighted by molar-refractivity contribution is 0.0601. The average molecular weight is 280 g/mol. The molecule has 0 aliphatic carbocycles. The van der Waals surface area contributed by atoms with Crippen LogP contribution in [-0.4, -0.2) is 33.3 Å². The zero-order valence-corrected chi connectivity index (χ0v) is 11.3. The third-order valence-corrected chi connectivity index (χ3v) is 3.03. The Kier molecular flexibility index (Phi) is 3.42. The highest BCUT2D eigenvalue weighted by atomic mass is 16.5. The molecule has 6 nitrogen and oxygen atoms in total. The van der Waals surface area contributed by atoms with Gasteiger partial charge in [0.1, 0.15) is 0 Å². The standard InChI is InChI=1S/C15H12N4O2/c1-21-15(20)12-7-9-13(10-8-12)19-14(16-17-18-19)11-5-3-2-4-6-11/h2-10H,1H3. The molecule has 0 fully saturated rings. The molecule has 0 unspecified atom stereocenters. The predicted molar refractivity (Wildman–Crippen MR) is 75.9 cm³/mol. The normalized spacial score (nSPS) is 10.3. The Bertz CT molecular complexity index is 751. The molecule has 3 aromatic rings. The van der Waals surface area contributed by atoms with Crippen molar-refractivity contribution >= 4 is 5.97 Å². The first-order valence-electron chi connectivity index (χ1n) is 6.32. The van der Waals surface area contributed by atoms with Crippen molar-refractivity contribution in [2.24, 2.45) is 0 Å². The fourth-order valence-corrected chi connectivity index (χ4v) is 1.98. The molecule has 0 bridgehead atoms. The van der Waals surface area contributed by atoms with E-state index in [0.717, 1.165) is 11.3 Å². The average Bonchev–Trinajstić information content (AvgIpc) is 3.04. The van der Waals surface area contributed by atoms with Crippen molar-refractivity contribution in [2.75, 3.05) is 7.11 Å². The third-order valence-electron chi connectivity index (χ3n) is 3.03. The molecule has 3 rings (SSSR count). The monoisotopic (exact) mass is 280 g/mol. The zero-order valence-electron chi connectivity index (χ0n) is 11.3. The zero-order chi connectivity index (χ0) is 14.7. The van der Waals surface area contributed by atoms with Crippen LogP contribution in [0.15, 0.2) is 54.6 Å². The smallest absolute Gasteiger partial charge is 0.337 e. The molecular weight excluding hydrogens is 268 g/mol. The lowest BCUT2D eigenvalue weighted by Crippen LogP contribution is -2.03. The van der Waals surface area contributed by atoms with Gasteiger partial charge in [-0.15, -0.1) is 5.10 Å². The summed E-state index contributed by atoms with van der Waals surface area (Å²) in [6, 6.07) is 16.6. The van der Waals surface area contributed by atoms with E-state index in [-0.39, 0.29) is 5.97 Å². The summed E-state index contributed by atoms with van der Waals surface area (Å²) in [6.07, 6.45) is 0. The second-order valence-electron chi connectivity index (χ2n) is 4.32. The molecule has 0 saturated heterocycles. The molecule has 21 heavy (non-hydrogen) atoms. The Labute approximate surface area is 121 Å². The molecular formula is C15H12N4O2. The van der Waals surface area contributed by atoms with Crippen LogP contribution in [0.4, 0.5) is 0 Å². The summed E-state index contributed by atoms with van der Waals surface area (Å²) in [4.78, 5) is 11.4. The first-order valence-corrected chi connectivity index (χ1v) is 6.32. The fraction of sp³-hybridized carbons (Fsp3) is 0.0667. The molecule has 2 aromatic carbocycles.